The van der Waals surface area contributed by atoms with Gasteiger partial charge in [-0.3, -0.25) is 4.90 Å². The van der Waals surface area contributed by atoms with Gasteiger partial charge in [-0.2, -0.15) is 0 Å². The summed E-state index contributed by atoms with van der Waals surface area (Å²) in [7, 11) is 2.07. The molecule has 0 unspecified atom stereocenters. The van der Waals surface area contributed by atoms with Crippen molar-refractivity contribution in [3.8, 4) is 0 Å². The van der Waals surface area contributed by atoms with Crippen LogP contribution in [0.4, 0.5) is 0 Å². The van der Waals surface area contributed by atoms with E-state index in [1.807, 2.05) is 13.1 Å². The van der Waals surface area contributed by atoms with E-state index < -0.39 is 5.60 Å². The van der Waals surface area contributed by atoms with E-state index in [0.717, 1.165) is 30.9 Å². The van der Waals surface area contributed by atoms with E-state index in [1.54, 1.807) is 11.3 Å². The Morgan fingerprint density at radius 3 is 2.75 bits per heavy atom. The lowest BCUT2D eigenvalue weighted by atomic mass is 10.0. The van der Waals surface area contributed by atoms with Crippen LogP contribution in [0.2, 0.25) is 0 Å². The Balaban J connectivity index is 1.86. The molecule has 16 heavy (non-hydrogen) atoms. The van der Waals surface area contributed by atoms with E-state index in [2.05, 4.69) is 16.9 Å². The molecule has 1 aromatic heterocycles. The topological polar surface area (TPSA) is 36.4 Å². The van der Waals surface area contributed by atoms with Crippen LogP contribution < -0.4 is 0 Å². The first-order chi connectivity index (χ1) is 7.57. The molecule has 1 fully saturated rings. The molecule has 0 aliphatic heterocycles. The van der Waals surface area contributed by atoms with Gasteiger partial charge >= 0.3 is 0 Å². The van der Waals surface area contributed by atoms with Crippen LogP contribution in [0.1, 0.15) is 35.6 Å². The number of rotatable bonds is 4. The van der Waals surface area contributed by atoms with Crippen molar-refractivity contribution in [2.75, 3.05) is 13.6 Å². The molecule has 1 aromatic rings. The lowest BCUT2D eigenvalue weighted by Crippen LogP contribution is -2.38. The maximum Gasteiger partial charge on any atom is 0.0897 e. The van der Waals surface area contributed by atoms with Crippen molar-refractivity contribution >= 4 is 11.3 Å². The summed E-state index contributed by atoms with van der Waals surface area (Å²) >= 11 is 1.74. The van der Waals surface area contributed by atoms with Crippen molar-refractivity contribution in [3.63, 3.8) is 0 Å². The van der Waals surface area contributed by atoms with E-state index in [-0.39, 0.29) is 0 Å². The quantitative estimate of drug-likeness (QED) is 0.876. The van der Waals surface area contributed by atoms with Crippen LogP contribution in [-0.2, 0) is 6.54 Å². The first-order valence-corrected chi connectivity index (χ1v) is 6.71. The predicted molar refractivity (Wildman–Crippen MR) is 66.6 cm³/mol. The van der Waals surface area contributed by atoms with Gasteiger partial charge < -0.3 is 5.11 Å². The Hall–Kier alpha value is -0.450. The van der Waals surface area contributed by atoms with Crippen LogP contribution in [0, 0.1) is 6.92 Å². The summed E-state index contributed by atoms with van der Waals surface area (Å²) in [6.07, 6.45) is 6.20. The number of thiazole rings is 1. The fourth-order valence-electron chi connectivity index (χ4n) is 2.49. The molecule has 1 N–H and O–H groups in total. The summed E-state index contributed by atoms with van der Waals surface area (Å²) in [6.45, 7) is 3.70. The third-order valence-corrected chi connectivity index (χ3v) is 4.09. The minimum absolute atomic E-state index is 0.436. The van der Waals surface area contributed by atoms with E-state index >= 15 is 0 Å². The summed E-state index contributed by atoms with van der Waals surface area (Å²) in [4.78, 5) is 7.73. The van der Waals surface area contributed by atoms with Crippen LogP contribution >= 0.6 is 11.3 Å². The van der Waals surface area contributed by atoms with Crippen molar-refractivity contribution < 1.29 is 5.11 Å². The van der Waals surface area contributed by atoms with Gasteiger partial charge in [-0.15, -0.1) is 11.3 Å². The lowest BCUT2D eigenvalue weighted by Gasteiger charge is -2.28. The average molecular weight is 240 g/mol. The first-order valence-electron chi connectivity index (χ1n) is 5.90. The van der Waals surface area contributed by atoms with Crippen molar-refractivity contribution in [2.24, 2.45) is 0 Å². The Morgan fingerprint density at radius 1 is 1.50 bits per heavy atom. The van der Waals surface area contributed by atoms with Gasteiger partial charge in [0.05, 0.1) is 10.6 Å². The van der Waals surface area contributed by atoms with E-state index in [1.165, 1.54) is 17.7 Å². The van der Waals surface area contributed by atoms with E-state index in [4.69, 9.17) is 0 Å². The Labute approximate surface area is 101 Å². The van der Waals surface area contributed by atoms with Gasteiger partial charge in [-0.25, -0.2) is 4.98 Å². The second kappa shape index (κ2) is 4.82. The first kappa shape index (κ1) is 12.0. The monoisotopic (exact) mass is 240 g/mol. The van der Waals surface area contributed by atoms with Gasteiger partial charge in [-0.05, 0) is 26.8 Å². The molecule has 1 aliphatic rings. The van der Waals surface area contributed by atoms with Gasteiger partial charge in [0.15, 0.2) is 0 Å². The van der Waals surface area contributed by atoms with Gasteiger partial charge in [0.1, 0.15) is 0 Å². The molecular weight excluding hydrogens is 220 g/mol. The number of aromatic nitrogens is 1. The van der Waals surface area contributed by atoms with Crippen molar-refractivity contribution in [3.05, 3.63) is 16.1 Å². The standard InChI is InChI=1S/C12H20N2OS/c1-10-13-7-11(16-10)8-14(2)9-12(15)5-3-4-6-12/h7,15H,3-6,8-9H2,1-2H3. The molecule has 2 rings (SSSR count). The van der Waals surface area contributed by atoms with Gasteiger partial charge in [-0.1, -0.05) is 12.8 Å². The van der Waals surface area contributed by atoms with Crippen molar-refractivity contribution in [1.29, 1.82) is 0 Å². The highest BCUT2D eigenvalue weighted by molar-refractivity contribution is 7.11. The van der Waals surface area contributed by atoms with Crippen LogP contribution in [0.5, 0.6) is 0 Å². The maximum absolute atomic E-state index is 10.3. The molecule has 0 amide bonds. The second-order valence-corrected chi connectivity index (χ2v) is 6.27. The molecule has 0 spiro atoms. The predicted octanol–water partition coefficient (Wildman–Crippen LogP) is 2.19. The molecule has 0 aromatic carbocycles. The Morgan fingerprint density at radius 2 is 2.19 bits per heavy atom. The third kappa shape index (κ3) is 3.03. The number of hydrogen-bond acceptors (Lipinski definition) is 4. The van der Waals surface area contributed by atoms with Crippen LogP contribution in [0.15, 0.2) is 6.20 Å². The minimum atomic E-state index is -0.436. The van der Waals surface area contributed by atoms with Gasteiger partial charge in [0.2, 0.25) is 0 Å². The van der Waals surface area contributed by atoms with Gasteiger partial charge in [0.25, 0.3) is 0 Å². The molecule has 0 atom stereocenters. The normalized spacial score (nSPS) is 19.5. The SMILES string of the molecule is Cc1ncc(CN(C)CC2(O)CCCC2)s1. The smallest absolute Gasteiger partial charge is 0.0897 e. The molecule has 1 aliphatic carbocycles. The molecule has 90 valence electrons. The molecular formula is C12H20N2OS. The van der Waals surface area contributed by atoms with Crippen LogP contribution in [0.25, 0.3) is 0 Å². The Kier molecular flexibility index (Phi) is 3.62. The van der Waals surface area contributed by atoms with Crippen LogP contribution in [-0.4, -0.2) is 34.2 Å². The van der Waals surface area contributed by atoms with Crippen molar-refractivity contribution in [1.82, 2.24) is 9.88 Å². The van der Waals surface area contributed by atoms with Gasteiger partial charge in [0, 0.05) is 24.2 Å². The highest BCUT2D eigenvalue weighted by Gasteiger charge is 2.32. The summed E-state index contributed by atoms with van der Waals surface area (Å²) in [5.41, 5.74) is -0.436. The molecule has 0 radical (unpaired) electrons. The van der Waals surface area contributed by atoms with E-state index in [9.17, 15) is 5.11 Å². The highest BCUT2D eigenvalue weighted by atomic mass is 32.1. The number of hydrogen-bond donors (Lipinski definition) is 1. The summed E-state index contributed by atoms with van der Waals surface area (Å²) in [6, 6.07) is 0. The summed E-state index contributed by atoms with van der Waals surface area (Å²) in [5, 5.41) is 11.4. The second-order valence-electron chi connectivity index (χ2n) is 4.95. The molecule has 0 saturated heterocycles. The fourth-order valence-corrected chi connectivity index (χ4v) is 3.37. The Bertz CT molecular complexity index is 345. The number of likely N-dealkylation sites (N-methyl/N-ethyl adjacent to an activating group) is 1. The fraction of sp³-hybridized carbons (Fsp3) is 0.750. The molecule has 1 saturated carbocycles. The third-order valence-electron chi connectivity index (χ3n) is 3.19. The van der Waals surface area contributed by atoms with Crippen LogP contribution in [0.3, 0.4) is 0 Å². The number of aryl methyl sites for hydroxylation is 1. The zero-order valence-electron chi connectivity index (χ0n) is 10.1. The zero-order chi connectivity index (χ0) is 11.6. The lowest BCUT2D eigenvalue weighted by molar-refractivity contribution is 0.0147. The average Bonchev–Trinajstić information content (AvgIpc) is 2.75. The molecule has 1 heterocycles. The number of nitrogens with zero attached hydrogens (tertiary/aromatic N) is 2. The van der Waals surface area contributed by atoms with Crippen molar-refractivity contribution in [2.45, 2.75) is 44.8 Å². The largest absolute Gasteiger partial charge is 0.389 e. The highest BCUT2D eigenvalue weighted by Crippen LogP contribution is 2.30. The maximum atomic E-state index is 10.3. The molecule has 0 bridgehead atoms. The summed E-state index contributed by atoms with van der Waals surface area (Å²) < 4.78 is 0. The number of aliphatic hydroxyl groups is 1. The molecule has 4 heteroatoms. The summed E-state index contributed by atoms with van der Waals surface area (Å²) in [5.74, 6) is 0. The minimum Gasteiger partial charge on any atom is -0.389 e. The van der Waals surface area contributed by atoms with E-state index in [0.29, 0.717) is 0 Å². The molecule has 3 nitrogen and oxygen atoms in total. The zero-order valence-corrected chi connectivity index (χ0v) is 10.9.